The molecule has 0 aliphatic carbocycles. The summed E-state index contributed by atoms with van der Waals surface area (Å²) >= 11 is 5.67. The zero-order valence-corrected chi connectivity index (χ0v) is 15.5. The second kappa shape index (κ2) is 9.59. The summed E-state index contributed by atoms with van der Waals surface area (Å²) < 4.78 is 23.7. The van der Waals surface area contributed by atoms with Gasteiger partial charge in [0.05, 0.1) is 18.7 Å². The standard InChI is InChI=1S/C19H18ClFN2O4/c1-3-27-16-8-6-13(11-17(16)26-2)19(25)23-22-18(24)9-5-12-4-7-15(21)14(20)10-12/h4-11H,3H2,1-2H3,(H,22,24)(H,23,25)/b9-5+. The molecule has 142 valence electrons. The number of halogens is 2. The van der Waals surface area contributed by atoms with E-state index in [9.17, 15) is 14.0 Å². The highest BCUT2D eigenvalue weighted by atomic mass is 35.5. The number of hydrazine groups is 1. The van der Waals surface area contributed by atoms with Gasteiger partial charge in [-0.25, -0.2) is 4.39 Å². The molecule has 8 heteroatoms. The van der Waals surface area contributed by atoms with Gasteiger partial charge in [0.1, 0.15) is 5.82 Å². The van der Waals surface area contributed by atoms with E-state index < -0.39 is 17.6 Å². The van der Waals surface area contributed by atoms with Crippen LogP contribution in [0.5, 0.6) is 11.5 Å². The first-order valence-electron chi connectivity index (χ1n) is 7.99. The molecule has 6 nitrogen and oxygen atoms in total. The van der Waals surface area contributed by atoms with E-state index in [-0.39, 0.29) is 10.6 Å². The molecular formula is C19H18ClFN2O4. The maximum absolute atomic E-state index is 13.1. The van der Waals surface area contributed by atoms with Gasteiger partial charge in [0.15, 0.2) is 11.5 Å². The van der Waals surface area contributed by atoms with E-state index in [4.69, 9.17) is 21.1 Å². The zero-order valence-electron chi connectivity index (χ0n) is 14.7. The lowest BCUT2D eigenvalue weighted by Crippen LogP contribution is -2.40. The molecule has 0 aliphatic heterocycles. The maximum Gasteiger partial charge on any atom is 0.269 e. The zero-order chi connectivity index (χ0) is 19.8. The minimum Gasteiger partial charge on any atom is -0.493 e. The monoisotopic (exact) mass is 392 g/mol. The Morgan fingerprint density at radius 3 is 2.59 bits per heavy atom. The van der Waals surface area contributed by atoms with Crippen LogP contribution in [0.4, 0.5) is 4.39 Å². The molecule has 2 N–H and O–H groups in total. The van der Waals surface area contributed by atoms with Gasteiger partial charge in [0, 0.05) is 11.6 Å². The fourth-order valence-electron chi connectivity index (χ4n) is 2.10. The molecule has 0 radical (unpaired) electrons. The fraction of sp³-hybridized carbons (Fsp3) is 0.158. The Labute approximate surface area is 160 Å². The summed E-state index contributed by atoms with van der Waals surface area (Å²) in [5.41, 5.74) is 5.36. The quantitative estimate of drug-likeness (QED) is 0.583. The van der Waals surface area contributed by atoms with E-state index in [1.54, 1.807) is 12.1 Å². The van der Waals surface area contributed by atoms with Gasteiger partial charge in [-0.3, -0.25) is 20.4 Å². The molecule has 0 atom stereocenters. The summed E-state index contributed by atoms with van der Waals surface area (Å²) in [7, 11) is 1.47. The first-order chi connectivity index (χ1) is 12.9. The van der Waals surface area contributed by atoms with Crippen LogP contribution >= 0.6 is 11.6 Å². The lowest BCUT2D eigenvalue weighted by molar-refractivity contribution is -0.117. The third-order valence-corrected chi connectivity index (χ3v) is 3.69. The highest BCUT2D eigenvalue weighted by Gasteiger charge is 2.11. The van der Waals surface area contributed by atoms with Crippen molar-refractivity contribution >= 4 is 29.5 Å². The average Bonchev–Trinajstić information content (AvgIpc) is 2.67. The molecular weight excluding hydrogens is 375 g/mol. The minimum atomic E-state index is -0.568. The number of nitrogens with one attached hydrogen (secondary N) is 2. The van der Waals surface area contributed by atoms with Crippen LogP contribution in [0, 0.1) is 5.82 Å². The van der Waals surface area contributed by atoms with E-state index >= 15 is 0 Å². The molecule has 0 heterocycles. The van der Waals surface area contributed by atoms with Crippen molar-refractivity contribution in [1.29, 1.82) is 0 Å². The van der Waals surface area contributed by atoms with Crippen LogP contribution in [-0.2, 0) is 4.79 Å². The normalized spacial score (nSPS) is 10.5. The Bertz CT molecular complexity index is 871. The van der Waals surface area contributed by atoms with E-state index in [1.165, 1.54) is 43.5 Å². The molecule has 2 rings (SSSR count). The smallest absolute Gasteiger partial charge is 0.269 e. The lowest BCUT2D eigenvalue weighted by atomic mass is 10.2. The fourth-order valence-corrected chi connectivity index (χ4v) is 2.29. The summed E-state index contributed by atoms with van der Waals surface area (Å²) in [6.45, 7) is 2.30. The first-order valence-corrected chi connectivity index (χ1v) is 8.36. The molecule has 0 aromatic heterocycles. The van der Waals surface area contributed by atoms with Gasteiger partial charge in [-0.1, -0.05) is 17.7 Å². The molecule has 2 amide bonds. The molecule has 2 aromatic rings. The highest BCUT2D eigenvalue weighted by molar-refractivity contribution is 6.30. The molecule has 0 aliphatic rings. The van der Waals surface area contributed by atoms with Gasteiger partial charge in [-0.15, -0.1) is 0 Å². The van der Waals surface area contributed by atoms with E-state index in [0.29, 0.717) is 23.7 Å². The predicted molar refractivity (Wildman–Crippen MR) is 100 cm³/mol. The SMILES string of the molecule is CCOc1ccc(C(=O)NNC(=O)/C=C/c2ccc(F)c(Cl)c2)cc1OC. The number of amides is 2. The van der Waals surface area contributed by atoms with Gasteiger partial charge in [0.2, 0.25) is 0 Å². The molecule has 0 saturated carbocycles. The summed E-state index contributed by atoms with van der Waals surface area (Å²) in [6.07, 6.45) is 2.62. The summed E-state index contributed by atoms with van der Waals surface area (Å²) in [5.74, 6) is -0.716. The summed E-state index contributed by atoms with van der Waals surface area (Å²) in [6, 6.07) is 8.70. The van der Waals surface area contributed by atoms with Crippen molar-refractivity contribution in [3.63, 3.8) is 0 Å². The van der Waals surface area contributed by atoms with Crippen LogP contribution in [-0.4, -0.2) is 25.5 Å². The molecule has 2 aromatic carbocycles. The molecule has 0 spiro atoms. The molecule has 0 fully saturated rings. The van der Waals surface area contributed by atoms with Gasteiger partial charge in [-0.05, 0) is 48.9 Å². The van der Waals surface area contributed by atoms with Crippen molar-refractivity contribution in [3.8, 4) is 11.5 Å². The van der Waals surface area contributed by atoms with E-state index in [0.717, 1.165) is 0 Å². The van der Waals surface area contributed by atoms with Crippen molar-refractivity contribution in [2.24, 2.45) is 0 Å². The largest absolute Gasteiger partial charge is 0.493 e. The highest BCUT2D eigenvalue weighted by Crippen LogP contribution is 2.27. The number of carbonyl (C=O) groups excluding carboxylic acids is 2. The Morgan fingerprint density at radius 2 is 1.93 bits per heavy atom. The Morgan fingerprint density at radius 1 is 1.15 bits per heavy atom. The van der Waals surface area contributed by atoms with Crippen LogP contribution in [0.1, 0.15) is 22.8 Å². The van der Waals surface area contributed by atoms with E-state index in [2.05, 4.69) is 10.9 Å². The second-order valence-electron chi connectivity index (χ2n) is 5.25. The molecule has 0 saturated heterocycles. The predicted octanol–water partition coefficient (Wildman–Crippen LogP) is 3.36. The van der Waals surface area contributed by atoms with Crippen molar-refractivity contribution in [2.75, 3.05) is 13.7 Å². The van der Waals surface area contributed by atoms with Gasteiger partial charge in [0.25, 0.3) is 11.8 Å². The molecule has 27 heavy (non-hydrogen) atoms. The maximum atomic E-state index is 13.1. The minimum absolute atomic E-state index is 0.0460. The summed E-state index contributed by atoms with van der Waals surface area (Å²) in [4.78, 5) is 23.9. The van der Waals surface area contributed by atoms with Gasteiger partial charge in [-0.2, -0.15) is 0 Å². The number of methoxy groups -OCH3 is 1. The third kappa shape index (κ3) is 5.72. The molecule has 0 bridgehead atoms. The van der Waals surface area contributed by atoms with Crippen molar-refractivity contribution in [1.82, 2.24) is 10.9 Å². The number of benzene rings is 2. The number of hydrogen-bond acceptors (Lipinski definition) is 4. The Kier molecular flexibility index (Phi) is 7.19. The van der Waals surface area contributed by atoms with E-state index in [1.807, 2.05) is 6.92 Å². The van der Waals surface area contributed by atoms with Crippen LogP contribution < -0.4 is 20.3 Å². The third-order valence-electron chi connectivity index (χ3n) is 3.40. The van der Waals surface area contributed by atoms with Crippen LogP contribution in [0.25, 0.3) is 6.08 Å². The van der Waals surface area contributed by atoms with Crippen molar-refractivity contribution in [2.45, 2.75) is 6.92 Å². The van der Waals surface area contributed by atoms with Crippen molar-refractivity contribution < 1.29 is 23.5 Å². The Balaban J connectivity index is 1.95. The van der Waals surface area contributed by atoms with Gasteiger partial charge < -0.3 is 9.47 Å². The topological polar surface area (TPSA) is 76.7 Å². The molecule has 0 unspecified atom stereocenters. The lowest BCUT2D eigenvalue weighted by Gasteiger charge is -2.11. The summed E-state index contributed by atoms with van der Waals surface area (Å²) in [5, 5.41) is -0.0460. The number of carbonyl (C=O) groups is 2. The average molecular weight is 393 g/mol. The Hall–Kier alpha value is -3.06. The second-order valence-corrected chi connectivity index (χ2v) is 5.66. The van der Waals surface area contributed by atoms with Crippen LogP contribution in [0.2, 0.25) is 5.02 Å². The first kappa shape index (κ1) is 20.3. The van der Waals surface area contributed by atoms with Gasteiger partial charge >= 0.3 is 0 Å². The number of rotatable bonds is 6. The van der Waals surface area contributed by atoms with Crippen molar-refractivity contribution in [3.05, 3.63) is 64.4 Å². The van der Waals surface area contributed by atoms with Crippen LogP contribution in [0.3, 0.4) is 0 Å². The number of ether oxygens (including phenoxy) is 2. The van der Waals surface area contributed by atoms with Crippen LogP contribution in [0.15, 0.2) is 42.5 Å². The number of hydrogen-bond donors (Lipinski definition) is 2.